The fraction of sp³-hybridized carbons (Fsp3) is 0. The van der Waals surface area contributed by atoms with Crippen LogP contribution in [-0.2, 0) is 0 Å². The Bertz CT molecular complexity index is 710. The van der Waals surface area contributed by atoms with Gasteiger partial charge in [-0.25, -0.2) is 0 Å². The molecule has 1 aromatic carbocycles. The van der Waals surface area contributed by atoms with Crippen molar-refractivity contribution in [2.75, 3.05) is 0 Å². The molecule has 0 fully saturated rings. The van der Waals surface area contributed by atoms with Crippen LogP contribution in [-0.4, -0.2) is 10.9 Å². The topological polar surface area (TPSA) is 56.4 Å². The van der Waals surface area contributed by atoms with Gasteiger partial charge in [-0.1, -0.05) is 40.5 Å². The summed E-state index contributed by atoms with van der Waals surface area (Å²) in [5.74, 6) is 0. The van der Waals surface area contributed by atoms with Gasteiger partial charge < -0.3 is 5.21 Å². The fourth-order valence-corrected chi connectivity index (χ4v) is 2.50. The molecule has 0 saturated heterocycles. The quantitative estimate of drug-likeness (QED) is 0.436. The number of nitriles is 1. The molecule has 6 heteroatoms. The van der Waals surface area contributed by atoms with Crippen LogP contribution in [0, 0.1) is 11.3 Å². The molecule has 3 nitrogen and oxygen atoms in total. The van der Waals surface area contributed by atoms with Crippen molar-refractivity contribution in [3.63, 3.8) is 0 Å². The van der Waals surface area contributed by atoms with Crippen LogP contribution in [0.2, 0.25) is 5.02 Å². The Hall–Kier alpha value is -1.54. The number of halogens is 3. The molecule has 0 unspecified atom stereocenters. The van der Waals surface area contributed by atoms with Gasteiger partial charge in [-0.3, -0.25) is 0 Å². The predicted molar refractivity (Wildman–Crippen MR) is 84.2 cm³/mol. The molecule has 0 spiro atoms. The van der Waals surface area contributed by atoms with E-state index in [-0.39, 0.29) is 0 Å². The highest BCUT2D eigenvalue weighted by atomic mass is 79.9. The van der Waals surface area contributed by atoms with Gasteiger partial charge in [-0.2, -0.15) is 5.26 Å². The summed E-state index contributed by atoms with van der Waals surface area (Å²) in [6.07, 6.45) is 3.12. The maximum Gasteiger partial charge on any atom is 0.118 e. The molecule has 0 heterocycles. The van der Waals surface area contributed by atoms with Crippen LogP contribution in [0.3, 0.4) is 0 Å². The van der Waals surface area contributed by atoms with Gasteiger partial charge in [-0.15, -0.1) is 0 Å². The minimum Gasteiger partial charge on any atom is -0.410 e. The van der Waals surface area contributed by atoms with Gasteiger partial charge in [0.1, 0.15) is 11.8 Å². The lowest BCUT2D eigenvalue weighted by molar-refractivity contribution is 0.320. The van der Waals surface area contributed by atoms with Crippen molar-refractivity contribution >= 4 is 50.4 Å². The second-order valence-electron chi connectivity index (χ2n) is 3.88. The van der Waals surface area contributed by atoms with E-state index in [9.17, 15) is 5.26 Å². The molecule has 0 aromatic heterocycles. The summed E-state index contributed by atoms with van der Waals surface area (Å²) in [5, 5.41) is 22.2. The van der Waals surface area contributed by atoms with E-state index in [1.807, 2.05) is 0 Å². The molecule has 1 aromatic rings. The van der Waals surface area contributed by atoms with Crippen LogP contribution in [0.4, 0.5) is 0 Å². The molecule has 0 radical (unpaired) electrons. The Morgan fingerprint density at radius 2 is 1.85 bits per heavy atom. The third-order valence-electron chi connectivity index (χ3n) is 2.66. The number of hydrogen-bond acceptors (Lipinski definition) is 3. The van der Waals surface area contributed by atoms with Crippen LogP contribution in [0.5, 0.6) is 0 Å². The minimum atomic E-state index is 0.298. The van der Waals surface area contributed by atoms with Crippen LogP contribution in [0.1, 0.15) is 5.56 Å². The highest BCUT2D eigenvalue weighted by Gasteiger charge is 2.18. The standard InChI is InChI=1S/C14H7BrCl2N2O/c15-12-5-10(13(17)6-14(12)19-20)11(7-18)8-1-3-9(16)4-2-8/h1-6,20H/b11-10-,19-14+. The Morgan fingerprint density at radius 1 is 1.20 bits per heavy atom. The number of nitrogens with zero attached hydrogens (tertiary/aromatic N) is 2. The van der Waals surface area contributed by atoms with E-state index in [1.165, 1.54) is 6.08 Å². The van der Waals surface area contributed by atoms with Gasteiger partial charge in [0, 0.05) is 15.1 Å². The normalized spacial score (nSPS) is 19.2. The molecule has 0 saturated carbocycles. The number of allylic oxidation sites excluding steroid dienone is 6. The molecular weight excluding hydrogens is 363 g/mol. The largest absolute Gasteiger partial charge is 0.410 e. The Balaban J connectivity index is 2.61. The van der Waals surface area contributed by atoms with Gasteiger partial charge in [0.25, 0.3) is 0 Å². The lowest BCUT2D eigenvalue weighted by Gasteiger charge is -2.12. The first-order valence-electron chi connectivity index (χ1n) is 5.44. The zero-order valence-electron chi connectivity index (χ0n) is 9.94. The van der Waals surface area contributed by atoms with Gasteiger partial charge in [0.05, 0.1) is 10.6 Å². The molecule has 0 amide bonds. The van der Waals surface area contributed by atoms with Crippen LogP contribution >= 0.6 is 39.1 Å². The lowest BCUT2D eigenvalue weighted by atomic mass is 9.97. The average Bonchev–Trinajstić information content (AvgIpc) is 2.45. The molecular formula is C14H7BrCl2N2O. The van der Waals surface area contributed by atoms with E-state index in [0.717, 1.165) is 0 Å². The summed E-state index contributed by atoms with van der Waals surface area (Å²) >= 11 is 15.2. The number of benzene rings is 1. The lowest BCUT2D eigenvalue weighted by Crippen LogP contribution is -2.03. The summed E-state index contributed by atoms with van der Waals surface area (Å²) in [4.78, 5) is 0. The van der Waals surface area contributed by atoms with Crippen molar-refractivity contribution in [1.29, 1.82) is 5.26 Å². The highest BCUT2D eigenvalue weighted by molar-refractivity contribution is 9.12. The Morgan fingerprint density at radius 3 is 2.40 bits per heavy atom. The van der Waals surface area contributed by atoms with Crippen LogP contribution < -0.4 is 0 Å². The van der Waals surface area contributed by atoms with Gasteiger partial charge >= 0.3 is 0 Å². The summed E-state index contributed by atoms with van der Waals surface area (Å²) < 4.78 is 0.543. The van der Waals surface area contributed by atoms with Crippen molar-refractivity contribution in [3.05, 3.63) is 62.1 Å². The minimum absolute atomic E-state index is 0.298. The molecule has 0 atom stereocenters. The third kappa shape index (κ3) is 2.96. The molecule has 0 bridgehead atoms. The molecule has 1 aliphatic carbocycles. The number of hydrogen-bond donors (Lipinski definition) is 1. The van der Waals surface area contributed by atoms with E-state index in [1.54, 1.807) is 30.3 Å². The van der Waals surface area contributed by atoms with Crippen LogP contribution in [0.25, 0.3) is 5.57 Å². The SMILES string of the molecule is N#C/C(=C1C=C(Br)/C(=N/O)C=C\1Cl)c1ccc(Cl)cc1. The Kier molecular flexibility index (Phi) is 4.66. The summed E-state index contributed by atoms with van der Waals surface area (Å²) in [6, 6.07) is 9.03. The average molecular weight is 370 g/mol. The van der Waals surface area contributed by atoms with E-state index in [0.29, 0.717) is 37.0 Å². The molecule has 20 heavy (non-hydrogen) atoms. The second kappa shape index (κ2) is 6.27. The Labute approximate surface area is 134 Å². The molecule has 1 N–H and O–H groups in total. The monoisotopic (exact) mass is 368 g/mol. The first kappa shape index (κ1) is 14.9. The van der Waals surface area contributed by atoms with E-state index >= 15 is 0 Å². The van der Waals surface area contributed by atoms with Crippen molar-refractivity contribution in [2.45, 2.75) is 0 Å². The number of rotatable bonds is 1. The molecule has 1 aliphatic rings. The van der Waals surface area contributed by atoms with Crippen molar-refractivity contribution in [1.82, 2.24) is 0 Å². The second-order valence-corrected chi connectivity index (χ2v) is 5.58. The first-order chi connectivity index (χ1) is 9.56. The maximum absolute atomic E-state index is 9.38. The van der Waals surface area contributed by atoms with Crippen molar-refractivity contribution in [2.24, 2.45) is 5.16 Å². The van der Waals surface area contributed by atoms with E-state index < -0.39 is 0 Å². The summed E-state index contributed by atoms with van der Waals surface area (Å²) in [7, 11) is 0. The molecule has 0 aliphatic heterocycles. The van der Waals surface area contributed by atoms with Crippen LogP contribution in [0.15, 0.2) is 56.7 Å². The predicted octanol–water partition coefficient (Wildman–Crippen LogP) is 4.86. The van der Waals surface area contributed by atoms with E-state index in [2.05, 4.69) is 27.2 Å². The maximum atomic E-state index is 9.38. The number of oxime groups is 1. The zero-order valence-corrected chi connectivity index (χ0v) is 13.0. The van der Waals surface area contributed by atoms with Gasteiger partial charge in [-0.05, 0) is 45.8 Å². The van der Waals surface area contributed by atoms with Crippen molar-refractivity contribution < 1.29 is 5.21 Å². The molecule has 100 valence electrons. The van der Waals surface area contributed by atoms with E-state index in [4.69, 9.17) is 28.4 Å². The highest BCUT2D eigenvalue weighted by Crippen LogP contribution is 2.33. The third-order valence-corrected chi connectivity index (χ3v) is 3.86. The van der Waals surface area contributed by atoms with Gasteiger partial charge in [0.15, 0.2) is 0 Å². The smallest absolute Gasteiger partial charge is 0.118 e. The zero-order chi connectivity index (χ0) is 14.7. The fourth-order valence-electron chi connectivity index (χ4n) is 1.70. The summed E-state index contributed by atoms with van der Waals surface area (Å²) in [6.45, 7) is 0. The first-order valence-corrected chi connectivity index (χ1v) is 6.99. The van der Waals surface area contributed by atoms with Gasteiger partial charge in [0.2, 0.25) is 0 Å². The summed E-state index contributed by atoms with van der Waals surface area (Å²) in [5.41, 5.74) is 1.97. The molecule has 2 rings (SSSR count). The van der Waals surface area contributed by atoms with Crippen molar-refractivity contribution in [3.8, 4) is 6.07 Å².